The molecule has 1 fully saturated rings. The number of fused-ring (bicyclic) bond motifs is 1. The summed E-state index contributed by atoms with van der Waals surface area (Å²) in [4.78, 5) is 38.2. The molecule has 1 amide bonds. The molecule has 3 aromatic carbocycles. The zero-order chi connectivity index (χ0) is 25.5. The molecule has 1 aliphatic heterocycles. The van der Waals surface area contributed by atoms with E-state index in [-0.39, 0.29) is 23.2 Å². The molecule has 6 heteroatoms. The van der Waals surface area contributed by atoms with Crippen molar-refractivity contribution in [3.05, 3.63) is 77.9 Å². The molecular weight excluding hydrogens is 454 g/mol. The molecule has 1 saturated heterocycles. The van der Waals surface area contributed by atoms with Gasteiger partial charge in [0.15, 0.2) is 23.8 Å². The number of ketones is 2. The molecule has 3 atom stereocenters. The third-order valence-electron chi connectivity index (χ3n) is 6.70. The van der Waals surface area contributed by atoms with Crippen LogP contribution in [0.5, 0.6) is 5.75 Å². The predicted molar refractivity (Wildman–Crippen MR) is 139 cm³/mol. The Hall–Kier alpha value is -3.51. The van der Waals surface area contributed by atoms with Crippen LogP contribution < -0.4 is 5.32 Å². The number of aromatic hydroxyl groups is 1. The highest BCUT2D eigenvalue weighted by atomic mass is 16.6. The lowest BCUT2D eigenvalue weighted by atomic mass is 9.96. The third-order valence-corrected chi connectivity index (χ3v) is 6.70. The minimum absolute atomic E-state index is 0.00411. The van der Waals surface area contributed by atoms with Crippen LogP contribution in [0.2, 0.25) is 0 Å². The van der Waals surface area contributed by atoms with E-state index in [0.29, 0.717) is 38.5 Å². The van der Waals surface area contributed by atoms with Crippen molar-refractivity contribution in [2.24, 2.45) is 0 Å². The van der Waals surface area contributed by atoms with Crippen LogP contribution in [-0.4, -0.2) is 40.8 Å². The Morgan fingerprint density at radius 1 is 0.917 bits per heavy atom. The van der Waals surface area contributed by atoms with Crippen LogP contribution in [0, 0.1) is 0 Å². The summed E-state index contributed by atoms with van der Waals surface area (Å²) in [6, 6.07) is 20.5. The fourth-order valence-corrected chi connectivity index (χ4v) is 4.63. The fourth-order valence-electron chi connectivity index (χ4n) is 4.63. The van der Waals surface area contributed by atoms with Gasteiger partial charge in [-0.2, -0.15) is 0 Å². The molecule has 0 bridgehead atoms. The first-order chi connectivity index (χ1) is 17.5. The normalized spacial score (nSPS) is 17.5. The monoisotopic (exact) mass is 487 g/mol. The molecule has 0 aliphatic carbocycles. The second-order valence-electron chi connectivity index (χ2n) is 9.42. The van der Waals surface area contributed by atoms with E-state index in [4.69, 9.17) is 4.74 Å². The molecule has 36 heavy (non-hydrogen) atoms. The number of phenols is 1. The molecule has 1 heterocycles. The average Bonchev–Trinajstić information content (AvgIpc) is 3.69. The summed E-state index contributed by atoms with van der Waals surface area (Å²) in [6.45, 7) is 1.98. The van der Waals surface area contributed by atoms with E-state index in [9.17, 15) is 19.5 Å². The largest absolute Gasteiger partial charge is 0.508 e. The van der Waals surface area contributed by atoms with Gasteiger partial charge in [0.25, 0.3) is 5.91 Å². The zero-order valence-corrected chi connectivity index (χ0v) is 20.6. The van der Waals surface area contributed by atoms with Crippen molar-refractivity contribution in [1.82, 2.24) is 5.32 Å². The number of rotatable bonds is 13. The number of aryl methyl sites for hydroxylation is 2. The Bertz CT molecular complexity index is 1210. The Kier molecular flexibility index (Phi) is 8.49. The minimum atomic E-state index is -0.809. The molecule has 0 unspecified atom stereocenters. The van der Waals surface area contributed by atoms with Gasteiger partial charge in [-0.3, -0.25) is 14.4 Å². The smallest absolute Gasteiger partial charge is 0.252 e. The van der Waals surface area contributed by atoms with Gasteiger partial charge in [0.1, 0.15) is 5.75 Å². The van der Waals surface area contributed by atoms with Crippen molar-refractivity contribution in [3.63, 3.8) is 0 Å². The van der Waals surface area contributed by atoms with Gasteiger partial charge in [-0.25, -0.2) is 0 Å². The fraction of sp³-hybridized carbons (Fsp3) is 0.367. The Morgan fingerprint density at radius 3 is 2.44 bits per heavy atom. The van der Waals surface area contributed by atoms with Gasteiger partial charge in [-0.1, -0.05) is 67.9 Å². The molecule has 2 N–H and O–H groups in total. The first kappa shape index (κ1) is 25.6. The van der Waals surface area contributed by atoms with Crippen molar-refractivity contribution in [2.45, 2.75) is 70.1 Å². The second kappa shape index (κ2) is 12.0. The molecule has 0 aromatic heterocycles. The summed E-state index contributed by atoms with van der Waals surface area (Å²) in [6.07, 6.45) is 2.39. The highest BCUT2D eigenvalue weighted by molar-refractivity contribution is 5.98. The van der Waals surface area contributed by atoms with E-state index in [2.05, 4.69) is 23.5 Å². The zero-order valence-electron chi connectivity index (χ0n) is 20.6. The summed E-state index contributed by atoms with van der Waals surface area (Å²) in [5, 5.41) is 14.5. The number of carbonyl (C=O) groups excluding carboxylic acids is 3. The first-order valence-corrected chi connectivity index (χ1v) is 12.7. The molecule has 0 radical (unpaired) electrons. The number of epoxide rings is 1. The summed E-state index contributed by atoms with van der Waals surface area (Å²) >= 11 is 0. The van der Waals surface area contributed by atoms with Gasteiger partial charge in [-0.05, 0) is 59.7 Å². The molecule has 188 valence electrons. The van der Waals surface area contributed by atoms with Crippen molar-refractivity contribution in [2.75, 3.05) is 0 Å². The van der Waals surface area contributed by atoms with Crippen molar-refractivity contribution in [3.8, 4) is 5.75 Å². The van der Waals surface area contributed by atoms with E-state index < -0.39 is 18.2 Å². The van der Waals surface area contributed by atoms with Crippen molar-refractivity contribution in [1.29, 1.82) is 0 Å². The Morgan fingerprint density at radius 2 is 1.67 bits per heavy atom. The number of ether oxygens (including phenoxy) is 1. The average molecular weight is 488 g/mol. The number of Topliss-reactive ketones (excluding diaryl/α,β-unsaturated/α-hetero) is 2. The number of phenolic OH excluding ortho intramolecular Hbond substituents is 1. The maximum Gasteiger partial charge on any atom is 0.252 e. The van der Waals surface area contributed by atoms with Crippen LogP contribution in [0.15, 0.2) is 66.7 Å². The number of carbonyl (C=O) groups is 3. The minimum Gasteiger partial charge on any atom is -0.508 e. The lowest BCUT2D eigenvalue weighted by molar-refractivity contribution is -0.128. The van der Waals surface area contributed by atoms with Crippen LogP contribution in [0.25, 0.3) is 10.8 Å². The van der Waals surface area contributed by atoms with Crippen LogP contribution in [-0.2, 0) is 32.0 Å². The molecule has 4 rings (SSSR count). The standard InChI is InChI=1S/C30H33NO5/c1-2-7-25(26(33)19-16-22-11-6-10-21-9-3-4-12-24(21)22)31-30(35)29-28(36-29)27(34)13-5-8-20-14-17-23(32)18-15-20/h3-4,6,9-12,14-15,17-18,25,28-29,32H,2,5,7-8,13,16,19H2,1H3,(H,31,35)/t25-,28+,29-/m0/s1. The Labute approximate surface area is 211 Å². The highest BCUT2D eigenvalue weighted by Gasteiger charge is 2.50. The van der Waals surface area contributed by atoms with Crippen LogP contribution in [0.3, 0.4) is 0 Å². The van der Waals surface area contributed by atoms with Crippen molar-refractivity contribution < 1.29 is 24.2 Å². The van der Waals surface area contributed by atoms with Crippen LogP contribution >= 0.6 is 0 Å². The predicted octanol–water partition coefficient (Wildman–Crippen LogP) is 4.69. The van der Waals surface area contributed by atoms with E-state index in [1.807, 2.05) is 43.3 Å². The summed E-state index contributed by atoms with van der Waals surface area (Å²) in [7, 11) is 0. The number of amides is 1. The van der Waals surface area contributed by atoms with Gasteiger partial charge >= 0.3 is 0 Å². The molecule has 6 nitrogen and oxygen atoms in total. The Balaban J connectivity index is 1.25. The van der Waals surface area contributed by atoms with Gasteiger partial charge in [0.2, 0.25) is 0 Å². The lowest BCUT2D eigenvalue weighted by Gasteiger charge is -2.17. The topological polar surface area (TPSA) is 96.0 Å². The van der Waals surface area contributed by atoms with E-state index >= 15 is 0 Å². The van der Waals surface area contributed by atoms with Gasteiger partial charge < -0.3 is 15.2 Å². The maximum atomic E-state index is 13.0. The quantitative estimate of drug-likeness (QED) is 0.341. The van der Waals surface area contributed by atoms with E-state index in [1.54, 1.807) is 12.1 Å². The SMILES string of the molecule is CCC[C@H](NC(=O)[C@H]1O[C@@H]1C(=O)CCCc1ccc(O)cc1)C(=O)CCc1cccc2ccccc12. The van der Waals surface area contributed by atoms with Gasteiger partial charge in [0.05, 0.1) is 6.04 Å². The molecular formula is C30H33NO5. The number of hydrogen-bond donors (Lipinski definition) is 2. The van der Waals surface area contributed by atoms with E-state index in [1.165, 1.54) is 0 Å². The molecule has 1 aliphatic rings. The summed E-state index contributed by atoms with van der Waals surface area (Å²) in [5.41, 5.74) is 2.16. The van der Waals surface area contributed by atoms with Gasteiger partial charge in [0, 0.05) is 12.8 Å². The maximum absolute atomic E-state index is 13.0. The van der Waals surface area contributed by atoms with Crippen LogP contribution in [0.1, 0.15) is 50.2 Å². The summed E-state index contributed by atoms with van der Waals surface area (Å²) < 4.78 is 5.39. The van der Waals surface area contributed by atoms with Crippen molar-refractivity contribution >= 4 is 28.2 Å². The molecule has 0 spiro atoms. The first-order valence-electron chi connectivity index (χ1n) is 12.7. The van der Waals surface area contributed by atoms with Crippen LogP contribution in [0.4, 0.5) is 0 Å². The van der Waals surface area contributed by atoms with Gasteiger partial charge in [-0.15, -0.1) is 0 Å². The second-order valence-corrected chi connectivity index (χ2v) is 9.42. The number of hydrogen-bond acceptors (Lipinski definition) is 5. The summed E-state index contributed by atoms with van der Waals surface area (Å²) in [5.74, 6) is -0.272. The third kappa shape index (κ3) is 6.58. The highest BCUT2D eigenvalue weighted by Crippen LogP contribution is 2.26. The molecule has 3 aromatic rings. The van der Waals surface area contributed by atoms with E-state index in [0.717, 1.165) is 28.3 Å². The molecule has 0 saturated carbocycles. The number of benzene rings is 3. The lowest BCUT2D eigenvalue weighted by Crippen LogP contribution is -2.43. The number of nitrogens with one attached hydrogen (secondary N) is 1.